The van der Waals surface area contributed by atoms with Crippen molar-refractivity contribution in [3.05, 3.63) is 73.6 Å². The molecule has 0 bridgehead atoms. The van der Waals surface area contributed by atoms with E-state index in [1.54, 1.807) is 23.1 Å². The second-order valence-electron chi connectivity index (χ2n) is 7.04. The Kier molecular flexibility index (Phi) is 4.60. The van der Waals surface area contributed by atoms with Gasteiger partial charge >= 0.3 is 0 Å². The molecule has 3 aromatic rings. The van der Waals surface area contributed by atoms with Gasteiger partial charge in [-0.05, 0) is 53.6 Å². The van der Waals surface area contributed by atoms with Crippen LogP contribution in [0.3, 0.4) is 0 Å². The number of carbonyl (C=O) groups excluding carboxylic acids is 2. The zero-order chi connectivity index (χ0) is 20.8. The first-order valence-corrected chi connectivity index (χ1v) is 11.1. The first-order valence-electron chi connectivity index (χ1n) is 9.29. The normalized spacial score (nSPS) is 19.6. The fraction of sp³-hybridized carbons (Fsp3) is 0.182. The van der Waals surface area contributed by atoms with Crippen LogP contribution in [0.15, 0.2) is 52.7 Å². The van der Waals surface area contributed by atoms with Gasteiger partial charge in [0.2, 0.25) is 6.79 Å². The number of likely N-dealkylation sites (tertiary alicyclic amines) is 1. The largest absolute Gasteiger partial charge is 0.507 e. The number of ether oxygens (including phenoxy) is 2. The number of rotatable bonds is 4. The number of aliphatic hydroxyl groups is 1. The number of benzene rings is 1. The summed E-state index contributed by atoms with van der Waals surface area (Å²) in [6.45, 7) is 2.36. The standard InChI is InChI=1S/C22H17NO5S2/c1-12-6-8-30-21(12)18-17(19(24)13-4-5-15-16(9-13)28-11-27-15)20(25)22(26)23(18)10-14-3-2-7-29-14/h2-9,18,24H,10-11H2,1H3/b19-17-. The minimum absolute atomic E-state index is 0.0981. The number of hydrogen-bond donors (Lipinski definition) is 1. The molecule has 30 heavy (non-hydrogen) atoms. The van der Waals surface area contributed by atoms with E-state index in [1.165, 1.54) is 22.7 Å². The molecule has 1 fully saturated rings. The van der Waals surface area contributed by atoms with Gasteiger partial charge in [-0.25, -0.2) is 0 Å². The second-order valence-corrected chi connectivity index (χ2v) is 9.02. The van der Waals surface area contributed by atoms with E-state index in [2.05, 4.69) is 0 Å². The van der Waals surface area contributed by atoms with Gasteiger partial charge in [0.05, 0.1) is 12.1 Å². The molecule has 1 aromatic carbocycles. The number of hydrogen-bond acceptors (Lipinski definition) is 7. The highest BCUT2D eigenvalue weighted by Crippen LogP contribution is 2.44. The zero-order valence-electron chi connectivity index (χ0n) is 16.0. The lowest BCUT2D eigenvalue weighted by atomic mass is 9.98. The average molecular weight is 440 g/mol. The highest BCUT2D eigenvalue weighted by molar-refractivity contribution is 7.10. The minimum Gasteiger partial charge on any atom is -0.507 e. The number of aryl methyl sites for hydroxylation is 1. The van der Waals surface area contributed by atoms with Crippen LogP contribution in [0.5, 0.6) is 11.5 Å². The van der Waals surface area contributed by atoms with Crippen molar-refractivity contribution in [2.75, 3.05) is 6.79 Å². The van der Waals surface area contributed by atoms with Gasteiger partial charge in [0.1, 0.15) is 11.8 Å². The van der Waals surface area contributed by atoms with Crippen molar-refractivity contribution in [3.8, 4) is 11.5 Å². The first kappa shape index (κ1) is 18.9. The molecule has 5 rings (SSSR count). The van der Waals surface area contributed by atoms with Crippen LogP contribution in [-0.4, -0.2) is 28.5 Å². The smallest absolute Gasteiger partial charge is 0.296 e. The first-order chi connectivity index (χ1) is 14.5. The topological polar surface area (TPSA) is 76.1 Å². The van der Waals surface area contributed by atoms with Crippen LogP contribution >= 0.6 is 22.7 Å². The van der Waals surface area contributed by atoms with Crippen LogP contribution in [-0.2, 0) is 16.1 Å². The molecule has 1 unspecified atom stereocenters. The minimum atomic E-state index is -0.681. The number of aliphatic hydroxyl groups excluding tert-OH is 1. The summed E-state index contributed by atoms with van der Waals surface area (Å²) in [5.41, 5.74) is 1.48. The third-order valence-corrected chi connectivity index (χ3v) is 7.17. The third kappa shape index (κ3) is 3.00. The molecule has 2 aliphatic heterocycles. The summed E-state index contributed by atoms with van der Waals surface area (Å²) >= 11 is 3.00. The van der Waals surface area contributed by atoms with E-state index in [9.17, 15) is 14.7 Å². The molecule has 152 valence electrons. The Bertz CT molecular complexity index is 1180. The number of thiophene rings is 2. The Balaban J connectivity index is 1.65. The molecule has 2 aromatic heterocycles. The van der Waals surface area contributed by atoms with Crippen molar-refractivity contribution in [3.63, 3.8) is 0 Å². The SMILES string of the molecule is Cc1ccsc1C1/C(=C(/O)c2ccc3c(c2)OCO3)C(=O)C(=O)N1Cc1cccs1. The number of amides is 1. The summed E-state index contributed by atoms with van der Waals surface area (Å²) in [6.07, 6.45) is 0. The van der Waals surface area contributed by atoms with E-state index in [0.29, 0.717) is 23.6 Å². The fourth-order valence-corrected chi connectivity index (χ4v) is 5.50. The van der Waals surface area contributed by atoms with E-state index in [4.69, 9.17) is 9.47 Å². The monoisotopic (exact) mass is 439 g/mol. The summed E-state index contributed by atoms with van der Waals surface area (Å²) < 4.78 is 10.7. The summed E-state index contributed by atoms with van der Waals surface area (Å²) in [5, 5.41) is 15.0. The van der Waals surface area contributed by atoms with Crippen LogP contribution in [0.4, 0.5) is 0 Å². The molecular formula is C22H17NO5S2. The molecule has 6 nitrogen and oxygen atoms in total. The number of fused-ring (bicyclic) bond motifs is 1. The molecule has 1 atom stereocenters. The number of carbonyl (C=O) groups is 2. The zero-order valence-corrected chi connectivity index (χ0v) is 17.6. The number of ketones is 1. The van der Waals surface area contributed by atoms with Crippen molar-refractivity contribution in [2.45, 2.75) is 19.5 Å². The highest BCUT2D eigenvalue weighted by atomic mass is 32.1. The van der Waals surface area contributed by atoms with E-state index < -0.39 is 17.7 Å². The van der Waals surface area contributed by atoms with Gasteiger partial charge in [-0.2, -0.15) is 0 Å². The third-order valence-electron chi connectivity index (χ3n) is 5.24. The summed E-state index contributed by atoms with van der Waals surface area (Å²) in [7, 11) is 0. The Morgan fingerprint density at radius 1 is 1.13 bits per heavy atom. The molecule has 1 amide bonds. The molecule has 1 N–H and O–H groups in total. The van der Waals surface area contributed by atoms with Gasteiger partial charge < -0.3 is 19.5 Å². The Morgan fingerprint density at radius 3 is 2.70 bits per heavy atom. The lowest BCUT2D eigenvalue weighted by molar-refractivity contribution is -0.140. The average Bonchev–Trinajstić information content (AvgIpc) is 3.52. The quantitative estimate of drug-likeness (QED) is 0.369. The van der Waals surface area contributed by atoms with E-state index >= 15 is 0 Å². The molecule has 1 saturated heterocycles. The van der Waals surface area contributed by atoms with Gasteiger partial charge in [-0.15, -0.1) is 22.7 Å². The predicted octanol–water partition coefficient (Wildman–Crippen LogP) is 4.47. The van der Waals surface area contributed by atoms with E-state index in [-0.39, 0.29) is 18.1 Å². The van der Waals surface area contributed by atoms with Crippen LogP contribution in [0.2, 0.25) is 0 Å². The van der Waals surface area contributed by atoms with Crippen molar-refractivity contribution in [1.29, 1.82) is 0 Å². The van der Waals surface area contributed by atoms with E-state index in [1.807, 2.05) is 35.9 Å². The van der Waals surface area contributed by atoms with Crippen LogP contribution in [0.1, 0.15) is 26.9 Å². The van der Waals surface area contributed by atoms with Crippen LogP contribution in [0, 0.1) is 6.92 Å². The molecule has 4 heterocycles. The summed E-state index contributed by atoms with van der Waals surface area (Å²) in [6, 6.07) is 10.1. The number of Topliss-reactive ketones (excluding diaryl/α,β-unsaturated/α-hetero) is 1. The maximum atomic E-state index is 13.1. The summed E-state index contributed by atoms with van der Waals surface area (Å²) in [4.78, 5) is 29.4. The maximum absolute atomic E-state index is 13.1. The molecular weight excluding hydrogens is 422 g/mol. The van der Waals surface area contributed by atoms with Gasteiger partial charge in [-0.3, -0.25) is 9.59 Å². The van der Waals surface area contributed by atoms with Crippen molar-refractivity contribution >= 4 is 40.1 Å². The van der Waals surface area contributed by atoms with Crippen molar-refractivity contribution in [1.82, 2.24) is 4.90 Å². The molecule has 8 heteroatoms. The maximum Gasteiger partial charge on any atom is 0.296 e. The Morgan fingerprint density at radius 2 is 1.97 bits per heavy atom. The van der Waals surface area contributed by atoms with Crippen LogP contribution in [0.25, 0.3) is 5.76 Å². The molecule has 0 spiro atoms. The van der Waals surface area contributed by atoms with E-state index in [0.717, 1.165) is 15.3 Å². The molecule has 0 radical (unpaired) electrons. The van der Waals surface area contributed by atoms with Gasteiger partial charge in [0.25, 0.3) is 11.7 Å². The second kappa shape index (κ2) is 7.30. The van der Waals surface area contributed by atoms with Crippen molar-refractivity contribution < 1.29 is 24.2 Å². The highest BCUT2D eigenvalue weighted by Gasteiger charge is 2.47. The van der Waals surface area contributed by atoms with Crippen molar-refractivity contribution in [2.24, 2.45) is 0 Å². The van der Waals surface area contributed by atoms with Crippen LogP contribution < -0.4 is 9.47 Å². The van der Waals surface area contributed by atoms with Gasteiger partial charge in [0.15, 0.2) is 11.5 Å². The lowest BCUT2D eigenvalue weighted by Crippen LogP contribution is -2.28. The number of nitrogens with zero attached hydrogens (tertiary/aromatic N) is 1. The Labute approximate surface area is 180 Å². The predicted molar refractivity (Wildman–Crippen MR) is 114 cm³/mol. The summed E-state index contributed by atoms with van der Waals surface area (Å²) in [5.74, 6) is -0.424. The lowest BCUT2D eigenvalue weighted by Gasteiger charge is -2.24. The molecule has 0 aliphatic carbocycles. The fourth-order valence-electron chi connectivity index (χ4n) is 3.75. The molecule has 2 aliphatic rings. The van der Waals surface area contributed by atoms with Gasteiger partial charge in [0, 0.05) is 15.3 Å². The molecule has 0 saturated carbocycles. The Hall–Kier alpha value is -3.10. The van der Waals surface area contributed by atoms with Gasteiger partial charge in [-0.1, -0.05) is 6.07 Å².